The summed E-state index contributed by atoms with van der Waals surface area (Å²) in [4.78, 5) is 10.6. The Hall–Kier alpha value is -1.51. The smallest absolute Gasteiger partial charge is 0.429 e. The quantitative estimate of drug-likeness (QED) is 0.665. The Morgan fingerprint density at radius 3 is 2.67 bits per heavy atom. The van der Waals surface area contributed by atoms with Crippen LogP contribution in [0.5, 0.6) is 0 Å². The van der Waals surface area contributed by atoms with Crippen molar-refractivity contribution < 1.29 is 9.53 Å². The lowest BCUT2D eigenvalue weighted by molar-refractivity contribution is 0.169. The number of ether oxygens (including phenoxy) is 1. The van der Waals surface area contributed by atoms with Crippen LogP contribution in [0.3, 0.4) is 0 Å². The molecule has 1 rings (SSSR count). The van der Waals surface area contributed by atoms with Gasteiger partial charge in [0.15, 0.2) is 0 Å². The SMILES string of the molecule is COC(=O)[N]Cc1ccccc1. The van der Waals surface area contributed by atoms with Crippen LogP contribution in [0.4, 0.5) is 4.79 Å². The van der Waals surface area contributed by atoms with E-state index in [1.165, 1.54) is 7.11 Å². The first kappa shape index (κ1) is 8.59. The van der Waals surface area contributed by atoms with E-state index >= 15 is 0 Å². The van der Waals surface area contributed by atoms with Gasteiger partial charge < -0.3 is 4.74 Å². The number of carbonyl (C=O) groups excluding carboxylic acids is 1. The fourth-order valence-corrected chi connectivity index (χ4v) is 0.804. The highest BCUT2D eigenvalue weighted by atomic mass is 16.5. The Kier molecular flexibility index (Phi) is 3.14. The van der Waals surface area contributed by atoms with Crippen LogP contribution in [0.1, 0.15) is 5.56 Å². The van der Waals surface area contributed by atoms with Crippen molar-refractivity contribution in [1.29, 1.82) is 0 Å². The van der Waals surface area contributed by atoms with Gasteiger partial charge in [-0.1, -0.05) is 30.3 Å². The summed E-state index contributed by atoms with van der Waals surface area (Å²) in [5.74, 6) is 0. The average Bonchev–Trinajstić information content (AvgIpc) is 2.16. The Morgan fingerprint density at radius 2 is 2.08 bits per heavy atom. The molecule has 0 saturated carbocycles. The molecule has 1 amide bonds. The van der Waals surface area contributed by atoms with Crippen LogP contribution in [0, 0.1) is 0 Å². The zero-order chi connectivity index (χ0) is 8.81. The van der Waals surface area contributed by atoms with Gasteiger partial charge in [0.2, 0.25) is 0 Å². The molecule has 0 saturated heterocycles. The van der Waals surface area contributed by atoms with Gasteiger partial charge in [0, 0.05) is 0 Å². The van der Waals surface area contributed by atoms with Crippen molar-refractivity contribution in [2.45, 2.75) is 6.54 Å². The van der Waals surface area contributed by atoms with Crippen LogP contribution in [-0.4, -0.2) is 13.2 Å². The molecule has 63 valence electrons. The molecular weight excluding hydrogens is 154 g/mol. The van der Waals surface area contributed by atoms with E-state index in [9.17, 15) is 4.79 Å². The maximum atomic E-state index is 10.6. The van der Waals surface area contributed by atoms with Gasteiger partial charge in [0.1, 0.15) is 0 Å². The van der Waals surface area contributed by atoms with E-state index < -0.39 is 6.09 Å². The molecule has 3 nitrogen and oxygen atoms in total. The highest BCUT2D eigenvalue weighted by Crippen LogP contribution is 1.97. The molecule has 0 atom stereocenters. The van der Waals surface area contributed by atoms with Gasteiger partial charge in [-0.25, -0.2) is 10.1 Å². The molecule has 0 bridgehead atoms. The van der Waals surface area contributed by atoms with Crippen LogP contribution in [-0.2, 0) is 11.3 Å². The third-order valence-electron chi connectivity index (χ3n) is 1.41. The molecule has 0 N–H and O–H groups in total. The van der Waals surface area contributed by atoms with Gasteiger partial charge >= 0.3 is 6.09 Å². The number of hydrogen-bond donors (Lipinski definition) is 0. The van der Waals surface area contributed by atoms with Crippen molar-refractivity contribution in [3.63, 3.8) is 0 Å². The lowest BCUT2D eigenvalue weighted by atomic mass is 10.2. The fourth-order valence-electron chi connectivity index (χ4n) is 0.804. The van der Waals surface area contributed by atoms with Crippen molar-refractivity contribution in [3.05, 3.63) is 35.9 Å². The van der Waals surface area contributed by atoms with Crippen LogP contribution >= 0.6 is 0 Å². The van der Waals surface area contributed by atoms with Crippen molar-refractivity contribution >= 4 is 6.09 Å². The van der Waals surface area contributed by atoms with Gasteiger partial charge in [-0.05, 0) is 5.56 Å². The summed E-state index contributed by atoms with van der Waals surface area (Å²) >= 11 is 0. The van der Waals surface area contributed by atoms with Crippen LogP contribution < -0.4 is 5.32 Å². The van der Waals surface area contributed by atoms with E-state index in [2.05, 4.69) is 10.1 Å². The predicted octanol–water partition coefficient (Wildman–Crippen LogP) is 1.56. The summed E-state index contributed by atoms with van der Waals surface area (Å²) in [5.41, 5.74) is 1.00. The molecule has 0 aliphatic heterocycles. The van der Waals surface area contributed by atoms with E-state index in [1.807, 2.05) is 30.3 Å². The number of nitrogens with zero attached hydrogens (tertiary/aromatic N) is 1. The van der Waals surface area contributed by atoms with Crippen LogP contribution in [0.15, 0.2) is 30.3 Å². The van der Waals surface area contributed by atoms with Gasteiger partial charge in [-0.2, -0.15) is 0 Å². The summed E-state index contributed by atoms with van der Waals surface area (Å²) in [6.45, 7) is 0.382. The first-order valence-electron chi connectivity index (χ1n) is 3.62. The minimum atomic E-state index is -0.529. The van der Waals surface area contributed by atoms with Crippen molar-refractivity contribution in [1.82, 2.24) is 5.32 Å². The van der Waals surface area contributed by atoms with Crippen LogP contribution in [0.25, 0.3) is 0 Å². The molecule has 0 fully saturated rings. The third kappa shape index (κ3) is 2.62. The molecule has 12 heavy (non-hydrogen) atoms. The molecule has 0 aromatic heterocycles. The standard InChI is InChI=1S/C9H10NO2/c1-12-9(11)10-7-8-5-3-2-4-6-8/h2-6H,7H2,1H3. The molecule has 1 aromatic carbocycles. The summed E-state index contributed by atoms with van der Waals surface area (Å²) < 4.78 is 4.37. The van der Waals surface area contributed by atoms with Crippen molar-refractivity contribution in [2.75, 3.05) is 7.11 Å². The Balaban J connectivity index is 2.38. The Bertz CT molecular complexity index is 246. The highest BCUT2D eigenvalue weighted by Gasteiger charge is 1.99. The molecule has 0 aliphatic rings. The molecule has 0 spiro atoms. The molecular formula is C9H10NO2. The first-order valence-corrected chi connectivity index (χ1v) is 3.62. The number of carbonyl (C=O) groups is 1. The average molecular weight is 164 g/mol. The lowest BCUT2D eigenvalue weighted by Gasteiger charge is -1.99. The zero-order valence-electron chi connectivity index (χ0n) is 6.86. The molecule has 0 unspecified atom stereocenters. The van der Waals surface area contributed by atoms with Crippen molar-refractivity contribution in [2.24, 2.45) is 0 Å². The van der Waals surface area contributed by atoms with Gasteiger partial charge in [0.05, 0.1) is 13.7 Å². The van der Waals surface area contributed by atoms with Gasteiger partial charge in [-0.15, -0.1) is 0 Å². The number of amides is 1. The van der Waals surface area contributed by atoms with E-state index in [-0.39, 0.29) is 0 Å². The molecule has 0 aliphatic carbocycles. The van der Waals surface area contributed by atoms with E-state index in [4.69, 9.17) is 0 Å². The number of hydrogen-bond acceptors (Lipinski definition) is 2. The van der Waals surface area contributed by atoms with Gasteiger partial charge in [0.25, 0.3) is 0 Å². The summed E-state index contributed by atoms with van der Waals surface area (Å²) in [6.07, 6.45) is -0.529. The molecule has 0 heterocycles. The zero-order valence-corrected chi connectivity index (χ0v) is 6.86. The molecule has 1 radical (unpaired) electrons. The summed E-state index contributed by atoms with van der Waals surface area (Å²) in [6, 6.07) is 9.55. The second-order valence-corrected chi connectivity index (χ2v) is 2.27. The van der Waals surface area contributed by atoms with E-state index in [1.54, 1.807) is 0 Å². The first-order chi connectivity index (χ1) is 5.83. The normalized spacial score (nSPS) is 9.08. The van der Waals surface area contributed by atoms with E-state index in [0.717, 1.165) is 5.56 Å². The molecule has 1 aromatic rings. The maximum absolute atomic E-state index is 10.6. The third-order valence-corrected chi connectivity index (χ3v) is 1.41. The summed E-state index contributed by atoms with van der Waals surface area (Å²) in [7, 11) is 1.32. The molecule has 3 heteroatoms. The second kappa shape index (κ2) is 4.38. The monoisotopic (exact) mass is 164 g/mol. The highest BCUT2D eigenvalue weighted by molar-refractivity contribution is 5.66. The Labute approximate surface area is 71.4 Å². The lowest BCUT2D eigenvalue weighted by Crippen LogP contribution is -2.14. The number of rotatable bonds is 2. The number of methoxy groups -OCH3 is 1. The largest absolute Gasteiger partial charge is 0.452 e. The van der Waals surface area contributed by atoms with Crippen molar-refractivity contribution in [3.8, 4) is 0 Å². The van der Waals surface area contributed by atoms with E-state index in [0.29, 0.717) is 6.54 Å². The number of benzene rings is 1. The Morgan fingerprint density at radius 1 is 1.42 bits per heavy atom. The van der Waals surface area contributed by atoms with Crippen LogP contribution in [0.2, 0.25) is 0 Å². The predicted molar refractivity (Wildman–Crippen MR) is 44.7 cm³/mol. The topological polar surface area (TPSA) is 40.4 Å². The maximum Gasteiger partial charge on any atom is 0.429 e. The minimum absolute atomic E-state index is 0.382. The summed E-state index contributed by atoms with van der Waals surface area (Å²) in [5, 5.41) is 3.65. The van der Waals surface area contributed by atoms with Gasteiger partial charge in [-0.3, -0.25) is 0 Å². The second-order valence-electron chi connectivity index (χ2n) is 2.27. The fraction of sp³-hybridized carbons (Fsp3) is 0.222. The minimum Gasteiger partial charge on any atom is -0.452 e.